The van der Waals surface area contributed by atoms with Gasteiger partial charge in [0.1, 0.15) is 0 Å². The van der Waals surface area contributed by atoms with Crippen LogP contribution in [0.15, 0.2) is 0 Å². The van der Waals surface area contributed by atoms with E-state index in [0.29, 0.717) is 19.6 Å². The maximum Gasteiger partial charge on any atom is 0.308 e. The first-order valence-corrected chi connectivity index (χ1v) is 4.97. The highest BCUT2D eigenvalue weighted by atomic mass is 16.7. The largest absolute Gasteiger partial charge is 0.469 e. The second kappa shape index (κ2) is 5.44. The van der Waals surface area contributed by atoms with E-state index < -0.39 is 5.79 Å². The van der Waals surface area contributed by atoms with Crippen molar-refractivity contribution in [1.29, 1.82) is 0 Å². The normalized spacial score (nSPS) is 21.3. The summed E-state index contributed by atoms with van der Waals surface area (Å²) in [4.78, 5) is 11.1. The Morgan fingerprint density at radius 3 is 2.47 bits per heavy atom. The van der Waals surface area contributed by atoms with Crippen LogP contribution in [0.1, 0.15) is 19.8 Å². The van der Waals surface area contributed by atoms with Gasteiger partial charge < -0.3 is 18.9 Å². The maximum atomic E-state index is 11.1. The van der Waals surface area contributed by atoms with Gasteiger partial charge >= 0.3 is 5.97 Å². The van der Waals surface area contributed by atoms with E-state index >= 15 is 0 Å². The van der Waals surface area contributed by atoms with Crippen LogP contribution in [-0.2, 0) is 23.7 Å². The van der Waals surface area contributed by atoms with Crippen molar-refractivity contribution in [2.45, 2.75) is 31.7 Å². The minimum atomic E-state index is -0.630. The molecule has 0 N–H and O–H groups in total. The zero-order valence-electron chi connectivity index (χ0n) is 9.45. The van der Waals surface area contributed by atoms with Gasteiger partial charge in [0, 0.05) is 13.5 Å². The first-order chi connectivity index (χ1) is 7.09. The fourth-order valence-electron chi connectivity index (χ4n) is 1.60. The van der Waals surface area contributed by atoms with Gasteiger partial charge in [-0.2, -0.15) is 0 Å². The van der Waals surface area contributed by atoms with Crippen LogP contribution in [0, 0.1) is 0 Å². The first-order valence-electron chi connectivity index (χ1n) is 4.97. The van der Waals surface area contributed by atoms with E-state index in [0.717, 1.165) is 0 Å². The number of esters is 1. The van der Waals surface area contributed by atoms with Crippen molar-refractivity contribution >= 4 is 5.97 Å². The highest BCUT2D eigenvalue weighted by Crippen LogP contribution is 2.26. The Morgan fingerprint density at radius 2 is 2.00 bits per heavy atom. The molecule has 15 heavy (non-hydrogen) atoms. The molecule has 1 aliphatic rings. The molecule has 0 aromatic carbocycles. The topological polar surface area (TPSA) is 54.0 Å². The molecule has 1 rings (SSSR count). The number of hydrogen-bond donors (Lipinski definition) is 0. The number of hydrogen-bond acceptors (Lipinski definition) is 5. The molecule has 1 heterocycles. The SMILES string of the molecule is COC(=O)CC(CC1(C)OCCO1)OC. The molecule has 0 bridgehead atoms. The first kappa shape index (κ1) is 12.4. The van der Waals surface area contributed by atoms with Gasteiger partial charge in [-0.3, -0.25) is 4.79 Å². The number of methoxy groups -OCH3 is 2. The van der Waals surface area contributed by atoms with Gasteiger partial charge in [-0.15, -0.1) is 0 Å². The molecule has 1 aliphatic heterocycles. The second-order valence-electron chi connectivity index (χ2n) is 3.67. The maximum absolute atomic E-state index is 11.1. The zero-order chi connectivity index (χ0) is 11.3. The summed E-state index contributed by atoms with van der Waals surface area (Å²) in [6.45, 7) is 3.03. The van der Waals surface area contributed by atoms with Crippen LogP contribution >= 0.6 is 0 Å². The van der Waals surface area contributed by atoms with Crippen molar-refractivity contribution in [2.24, 2.45) is 0 Å². The predicted octanol–water partition coefficient (Wildman–Crippen LogP) is 0.718. The Labute approximate surface area is 89.6 Å². The third-order valence-electron chi connectivity index (χ3n) is 2.45. The minimum absolute atomic E-state index is 0.218. The van der Waals surface area contributed by atoms with E-state index in [1.807, 2.05) is 6.92 Å². The highest BCUT2D eigenvalue weighted by Gasteiger charge is 2.34. The highest BCUT2D eigenvalue weighted by molar-refractivity contribution is 5.69. The molecule has 1 fully saturated rings. The molecular weight excluding hydrogens is 200 g/mol. The van der Waals surface area contributed by atoms with Gasteiger partial charge in [-0.1, -0.05) is 0 Å². The molecular formula is C10H18O5. The summed E-state index contributed by atoms with van der Waals surface area (Å²) in [7, 11) is 2.92. The number of carbonyl (C=O) groups excluding carboxylic acids is 1. The third-order valence-corrected chi connectivity index (χ3v) is 2.45. The molecule has 0 saturated carbocycles. The molecule has 0 aromatic heterocycles. The number of ether oxygens (including phenoxy) is 4. The molecule has 0 amide bonds. The Balaban J connectivity index is 2.41. The standard InChI is InChI=1S/C10H18O5/c1-10(14-4-5-15-10)7-8(12-2)6-9(11)13-3/h8H,4-7H2,1-3H3. The molecule has 88 valence electrons. The van der Waals surface area contributed by atoms with Gasteiger partial charge in [0.15, 0.2) is 5.79 Å². The van der Waals surface area contributed by atoms with E-state index in [-0.39, 0.29) is 18.5 Å². The number of carbonyl (C=O) groups is 1. The van der Waals surface area contributed by atoms with Crippen molar-refractivity contribution in [3.63, 3.8) is 0 Å². The molecule has 5 nitrogen and oxygen atoms in total. The molecule has 0 aromatic rings. The van der Waals surface area contributed by atoms with Crippen molar-refractivity contribution in [1.82, 2.24) is 0 Å². The Hall–Kier alpha value is -0.650. The monoisotopic (exact) mass is 218 g/mol. The summed E-state index contributed by atoms with van der Waals surface area (Å²) in [5.41, 5.74) is 0. The molecule has 0 radical (unpaired) electrons. The Morgan fingerprint density at radius 1 is 1.40 bits per heavy atom. The smallest absolute Gasteiger partial charge is 0.308 e. The Bertz CT molecular complexity index is 210. The van der Waals surface area contributed by atoms with Crippen LogP contribution in [0.25, 0.3) is 0 Å². The fourth-order valence-corrected chi connectivity index (χ4v) is 1.60. The fraction of sp³-hybridized carbons (Fsp3) is 0.900. The van der Waals surface area contributed by atoms with Crippen LogP contribution in [0.5, 0.6) is 0 Å². The van der Waals surface area contributed by atoms with Crippen LogP contribution in [-0.4, -0.2) is 45.3 Å². The van der Waals surface area contributed by atoms with Gasteiger partial charge in [0.05, 0.1) is 32.8 Å². The quantitative estimate of drug-likeness (QED) is 0.636. The summed E-state index contributed by atoms with van der Waals surface area (Å²) in [5.74, 6) is -0.919. The summed E-state index contributed by atoms with van der Waals surface area (Å²) >= 11 is 0. The van der Waals surface area contributed by atoms with Crippen molar-refractivity contribution in [3.8, 4) is 0 Å². The average molecular weight is 218 g/mol. The van der Waals surface area contributed by atoms with Crippen LogP contribution in [0.3, 0.4) is 0 Å². The molecule has 5 heteroatoms. The van der Waals surface area contributed by atoms with Crippen LogP contribution in [0.4, 0.5) is 0 Å². The summed E-state index contributed by atoms with van der Waals surface area (Å²) in [5, 5.41) is 0. The van der Waals surface area contributed by atoms with E-state index in [4.69, 9.17) is 14.2 Å². The van der Waals surface area contributed by atoms with Gasteiger partial charge in [-0.05, 0) is 6.92 Å². The summed E-state index contributed by atoms with van der Waals surface area (Å²) < 4.78 is 20.6. The lowest BCUT2D eigenvalue weighted by molar-refractivity contribution is -0.170. The van der Waals surface area contributed by atoms with Gasteiger partial charge in [-0.25, -0.2) is 0 Å². The lowest BCUT2D eigenvalue weighted by Gasteiger charge is -2.26. The molecule has 1 atom stereocenters. The Kier molecular flexibility index (Phi) is 4.50. The van der Waals surface area contributed by atoms with Gasteiger partial charge in [0.25, 0.3) is 0 Å². The van der Waals surface area contributed by atoms with E-state index in [1.54, 1.807) is 7.11 Å². The summed E-state index contributed by atoms with van der Waals surface area (Å²) in [6, 6.07) is 0. The molecule has 0 aliphatic carbocycles. The lowest BCUT2D eigenvalue weighted by atomic mass is 10.1. The second-order valence-corrected chi connectivity index (χ2v) is 3.67. The summed E-state index contributed by atoms with van der Waals surface area (Å²) in [6.07, 6.45) is 0.508. The molecule has 1 unspecified atom stereocenters. The minimum Gasteiger partial charge on any atom is -0.469 e. The average Bonchev–Trinajstić information content (AvgIpc) is 2.63. The lowest BCUT2D eigenvalue weighted by Crippen LogP contribution is -2.33. The molecule has 0 spiro atoms. The predicted molar refractivity (Wildman–Crippen MR) is 52.4 cm³/mol. The van der Waals surface area contributed by atoms with E-state index in [2.05, 4.69) is 4.74 Å². The van der Waals surface area contributed by atoms with Crippen molar-refractivity contribution in [2.75, 3.05) is 27.4 Å². The van der Waals surface area contributed by atoms with Crippen LogP contribution in [0.2, 0.25) is 0 Å². The number of rotatable bonds is 5. The van der Waals surface area contributed by atoms with E-state index in [1.165, 1.54) is 7.11 Å². The van der Waals surface area contributed by atoms with Crippen LogP contribution < -0.4 is 0 Å². The zero-order valence-corrected chi connectivity index (χ0v) is 9.45. The van der Waals surface area contributed by atoms with Crippen molar-refractivity contribution < 1.29 is 23.7 Å². The molecule has 1 saturated heterocycles. The third kappa shape index (κ3) is 3.77. The van der Waals surface area contributed by atoms with Gasteiger partial charge in [0.2, 0.25) is 0 Å². The van der Waals surface area contributed by atoms with E-state index in [9.17, 15) is 4.79 Å². The van der Waals surface area contributed by atoms with Crippen molar-refractivity contribution in [3.05, 3.63) is 0 Å².